The van der Waals surface area contributed by atoms with E-state index in [9.17, 15) is 4.79 Å². The molecule has 3 N–H and O–H groups in total. The SMILES string of the molecule is Cc1cnn(CCC(=O)Nc2ccc(CN)cc2)c1.Cl.Cl. The first kappa shape index (κ1) is 19.4. The first-order chi connectivity index (χ1) is 9.17. The average Bonchev–Trinajstić information content (AvgIpc) is 2.83. The number of amides is 1. The van der Waals surface area contributed by atoms with Crippen LogP contribution in [0.2, 0.25) is 0 Å². The second kappa shape index (κ2) is 9.39. The molecule has 0 saturated carbocycles. The van der Waals surface area contributed by atoms with E-state index in [1.54, 1.807) is 10.9 Å². The van der Waals surface area contributed by atoms with E-state index in [4.69, 9.17) is 5.73 Å². The fourth-order valence-electron chi connectivity index (χ4n) is 1.75. The number of carbonyl (C=O) groups is 1. The highest BCUT2D eigenvalue weighted by Crippen LogP contribution is 2.09. The van der Waals surface area contributed by atoms with E-state index in [-0.39, 0.29) is 30.7 Å². The van der Waals surface area contributed by atoms with Gasteiger partial charge in [0.2, 0.25) is 5.91 Å². The number of nitrogens with two attached hydrogens (primary N) is 1. The number of nitrogens with one attached hydrogen (secondary N) is 1. The molecule has 0 spiro atoms. The van der Waals surface area contributed by atoms with Crippen LogP contribution < -0.4 is 11.1 Å². The van der Waals surface area contributed by atoms with Crippen molar-refractivity contribution in [3.8, 4) is 0 Å². The maximum atomic E-state index is 11.8. The molecule has 116 valence electrons. The number of hydrogen-bond donors (Lipinski definition) is 2. The number of carbonyl (C=O) groups excluding carboxylic acids is 1. The Morgan fingerprint density at radius 2 is 1.95 bits per heavy atom. The van der Waals surface area contributed by atoms with Gasteiger partial charge in [0.15, 0.2) is 0 Å². The van der Waals surface area contributed by atoms with Crippen LogP contribution >= 0.6 is 24.8 Å². The molecule has 0 aliphatic rings. The van der Waals surface area contributed by atoms with Crippen LogP contribution in [0.4, 0.5) is 5.69 Å². The molecule has 0 fully saturated rings. The Bertz CT molecular complexity index is 554. The number of rotatable bonds is 5. The standard InChI is InChI=1S/C14H18N4O.2ClH/c1-11-9-16-18(10-11)7-6-14(19)17-13-4-2-12(8-15)3-5-13;;/h2-5,9-10H,6-8,15H2,1H3,(H,17,19);2*1H. The number of nitrogens with zero attached hydrogens (tertiary/aromatic N) is 2. The fourth-order valence-corrected chi connectivity index (χ4v) is 1.75. The lowest BCUT2D eigenvalue weighted by molar-refractivity contribution is -0.116. The zero-order chi connectivity index (χ0) is 13.7. The summed E-state index contributed by atoms with van der Waals surface area (Å²) in [6.45, 7) is 3.07. The second-order valence-electron chi connectivity index (χ2n) is 4.48. The van der Waals surface area contributed by atoms with Crippen molar-refractivity contribution in [2.24, 2.45) is 5.73 Å². The first-order valence-corrected chi connectivity index (χ1v) is 6.25. The molecule has 0 aliphatic heterocycles. The number of aryl methyl sites for hydroxylation is 2. The largest absolute Gasteiger partial charge is 0.326 e. The normalized spacial score (nSPS) is 9.43. The lowest BCUT2D eigenvalue weighted by atomic mass is 10.2. The molecule has 0 aliphatic carbocycles. The zero-order valence-electron chi connectivity index (χ0n) is 11.8. The highest BCUT2D eigenvalue weighted by molar-refractivity contribution is 5.90. The summed E-state index contributed by atoms with van der Waals surface area (Å²) < 4.78 is 1.77. The smallest absolute Gasteiger partial charge is 0.226 e. The van der Waals surface area contributed by atoms with Gasteiger partial charge in [0.1, 0.15) is 0 Å². The Labute approximate surface area is 136 Å². The number of aromatic nitrogens is 2. The molecule has 0 saturated heterocycles. The van der Waals surface area contributed by atoms with Crippen molar-refractivity contribution in [3.05, 3.63) is 47.8 Å². The van der Waals surface area contributed by atoms with E-state index in [0.717, 1.165) is 16.8 Å². The van der Waals surface area contributed by atoms with Gasteiger partial charge in [-0.05, 0) is 30.2 Å². The van der Waals surface area contributed by atoms with Crippen LogP contribution in [0.3, 0.4) is 0 Å². The Kier molecular flexibility index (Phi) is 8.69. The minimum atomic E-state index is -0.0198. The summed E-state index contributed by atoms with van der Waals surface area (Å²) in [5, 5.41) is 6.99. The van der Waals surface area contributed by atoms with Crippen molar-refractivity contribution in [1.29, 1.82) is 0 Å². The fraction of sp³-hybridized carbons (Fsp3) is 0.286. The predicted octanol–water partition coefficient (Wildman–Crippen LogP) is 2.52. The van der Waals surface area contributed by atoms with E-state index in [0.29, 0.717) is 19.5 Å². The lowest BCUT2D eigenvalue weighted by Gasteiger charge is -2.06. The van der Waals surface area contributed by atoms with E-state index < -0.39 is 0 Å². The van der Waals surface area contributed by atoms with Gasteiger partial charge in [-0.1, -0.05) is 12.1 Å². The van der Waals surface area contributed by atoms with Gasteiger partial charge in [0.25, 0.3) is 0 Å². The maximum absolute atomic E-state index is 11.8. The summed E-state index contributed by atoms with van der Waals surface area (Å²) in [5.41, 5.74) is 8.45. The third-order valence-corrected chi connectivity index (χ3v) is 2.80. The molecule has 1 heterocycles. The molecule has 2 rings (SSSR count). The minimum absolute atomic E-state index is 0. The van der Waals surface area contributed by atoms with Crippen molar-refractivity contribution < 1.29 is 4.79 Å². The molecule has 1 amide bonds. The predicted molar refractivity (Wildman–Crippen MR) is 89.0 cm³/mol. The summed E-state index contributed by atoms with van der Waals surface area (Å²) in [5.74, 6) is -0.0198. The third-order valence-electron chi connectivity index (χ3n) is 2.80. The van der Waals surface area contributed by atoms with Gasteiger partial charge in [-0.2, -0.15) is 5.10 Å². The summed E-state index contributed by atoms with van der Waals surface area (Å²) in [7, 11) is 0. The molecule has 0 radical (unpaired) electrons. The summed E-state index contributed by atoms with van der Waals surface area (Å²) >= 11 is 0. The van der Waals surface area contributed by atoms with Gasteiger partial charge < -0.3 is 11.1 Å². The van der Waals surface area contributed by atoms with Gasteiger partial charge in [0.05, 0.1) is 6.20 Å². The van der Waals surface area contributed by atoms with Gasteiger partial charge in [-0.3, -0.25) is 9.48 Å². The molecule has 5 nitrogen and oxygen atoms in total. The molecule has 0 unspecified atom stereocenters. The van der Waals surface area contributed by atoms with Crippen LogP contribution in [0.1, 0.15) is 17.5 Å². The lowest BCUT2D eigenvalue weighted by Crippen LogP contribution is -2.14. The quantitative estimate of drug-likeness (QED) is 0.884. The van der Waals surface area contributed by atoms with Crippen LogP contribution in [0.5, 0.6) is 0 Å². The number of benzene rings is 1. The molecule has 21 heavy (non-hydrogen) atoms. The maximum Gasteiger partial charge on any atom is 0.226 e. The van der Waals surface area contributed by atoms with Gasteiger partial charge in [0, 0.05) is 31.4 Å². The molecular formula is C14H20Cl2N4O. The van der Waals surface area contributed by atoms with Crippen molar-refractivity contribution in [3.63, 3.8) is 0 Å². The van der Waals surface area contributed by atoms with Crippen molar-refractivity contribution in [2.75, 3.05) is 5.32 Å². The van der Waals surface area contributed by atoms with Crippen LogP contribution in [0.25, 0.3) is 0 Å². The van der Waals surface area contributed by atoms with Crippen LogP contribution in [0.15, 0.2) is 36.7 Å². The minimum Gasteiger partial charge on any atom is -0.326 e. The molecule has 7 heteroatoms. The van der Waals surface area contributed by atoms with Gasteiger partial charge in [-0.25, -0.2) is 0 Å². The molecule has 1 aromatic carbocycles. The number of hydrogen-bond acceptors (Lipinski definition) is 3. The Morgan fingerprint density at radius 3 is 2.48 bits per heavy atom. The topological polar surface area (TPSA) is 72.9 Å². The highest BCUT2D eigenvalue weighted by atomic mass is 35.5. The van der Waals surface area contributed by atoms with Crippen molar-refractivity contribution in [2.45, 2.75) is 26.4 Å². The summed E-state index contributed by atoms with van der Waals surface area (Å²) in [6, 6.07) is 7.54. The van der Waals surface area contributed by atoms with E-state index in [2.05, 4.69) is 10.4 Å². The number of anilines is 1. The number of halogens is 2. The average molecular weight is 331 g/mol. The van der Waals surface area contributed by atoms with Crippen LogP contribution in [-0.2, 0) is 17.9 Å². The molecule has 0 atom stereocenters. The Balaban J connectivity index is 0.00000200. The first-order valence-electron chi connectivity index (χ1n) is 6.25. The molecule has 1 aromatic heterocycles. The molecular weight excluding hydrogens is 311 g/mol. The zero-order valence-corrected chi connectivity index (χ0v) is 13.4. The molecule has 2 aromatic rings. The van der Waals surface area contributed by atoms with Crippen molar-refractivity contribution in [1.82, 2.24) is 9.78 Å². The summed E-state index contributed by atoms with van der Waals surface area (Å²) in [6.07, 6.45) is 4.10. The monoisotopic (exact) mass is 330 g/mol. The molecule has 0 bridgehead atoms. The van der Waals surface area contributed by atoms with E-state index in [1.165, 1.54) is 0 Å². The highest BCUT2D eigenvalue weighted by Gasteiger charge is 2.03. The van der Waals surface area contributed by atoms with Crippen LogP contribution in [-0.4, -0.2) is 15.7 Å². The second-order valence-corrected chi connectivity index (χ2v) is 4.48. The van der Waals surface area contributed by atoms with E-state index in [1.807, 2.05) is 37.4 Å². The summed E-state index contributed by atoms with van der Waals surface area (Å²) in [4.78, 5) is 11.8. The third kappa shape index (κ3) is 6.16. The van der Waals surface area contributed by atoms with Gasteiger partial charge in [-0.15, -0.1) is 24.8 Å². The van der Waals surface area contributed by atoms with Crippen molar-refractivity contribution >= 4 is 36.4 Å². The van der Waals surface area contributed by atoms with Gasteiger partial charge >= 0.3 is 0 Å². The Morgan fingerprint density at radius 1 is 1.29 bits per heavy atom. The Hall–Kier alpha value is -1.56. The van der Waals surface area contributed by atoms with E-state index >= 15 is 0 Å². The van der Waals surface area contributed by atoms with Crippen LogP contribution in [0, 0.1) is 6.92 Å².